The van der Waals surface area contributed by atoms with Crippen LogP contribution in [0.4, 0.5) is 5.69 Å². The first kappa shape index (κ1) is 19.1. The molecule has 2 aromatic carbocycles. The van der Waals surface area contributed by atoms with Gasteiger partial charge in [-0.25, -0.2) is 4.98 Å². The van der Waals surface area contributed by atoms with Gasteiger partial charge < -0.3 is 14.3 Å². The number of carbonyl (C=O) groups excluding carboxylic acids is 1. The molecule has 0 saturated carbocycles. The van der Waals surface area contributed by atoms with Gasteiger partial charge in [0.25, 0.3) is 0 Å². The average molecular weight is 404 g/mol. The van der Waals surface area contributed by atoms with E-state index in [4.69, 9.17) is 4.42 Å². The molecule has 5 nitrogen and oxygen atoms in total. The minimum atomic E-state index is -0.0642. The van der Waals surface area contributed by atoms with Gasteiger partial charge in [0, 0.05) is 5.69 Å². The Labute approximate surface area is 173 Å². The predicted molar refractivity (Wildman–Crippen MR) is 116 cm³/mol. The molecule has 6 heteroatoms. The number of para-hydroxylation sites is 1. The minimum Gasteiger partial charge on any atom is -0.467 e. The van der Waals surface area contributed by atoms with Gasteiger partial charge in [0.2, 0.25) is 5.91 Å². The van der Waals surface area contributed by atoms with Crippen LogP contribution in [0, 0.1) is 6.92 Å². The summed E-state index contributed by atoms with van der Waals surface area (Å²) < 4.78 is 7.63. The van der Waals surface area contributed by atoms with Crippen LogP contribution in [0.5, 0.6) is 0 Å². The van der Waals surface area contributed by atoms with E-state index < -0.39 is 0 Å². The van der Waals surface area contributed by atoms with E-state index in [1.54, 1.807) is 6.26 Å². The van der Waals surface area contributed by atoms with E-state index in [1.165, 1.54) is 17.3 Å². The van der Waals surface area contributed by atoms with Crippen LogP contribution in [0.2, 0.25) is 0 Å². The van der Waals surface area contributed by atoms with Crippen LogP contribution in [-0.2, 0) is 11.3 Å². The Balaban J connectivity index is 1.54. The molecule has 0 spiro atoms. The van der Waals surface area contributed by atoms with Crippen molar-refractivity contribution in [1.29, 1.82) is 0 Å². The number of benzene rings is 2. The summed E-state index contributed by atoms with van der Waals surface area (Å²) in [7, 11) is 0. The predicted octanol–water partition coefficient (Wildman–Crippen LogP) is 5.23. The molecule has 0 atom stereocenters. The van der Waals surface area contributed by atoms with Crippen LogP contribution in [0.1, 0.15) is 11.3 Å². The summed E-state index contributed by atoms with van der Waals surface area (Å²) in [5.74, 6) is 1.05. The van der Waals surface area contributed by atoms with E-state index in [9.17, 15) is 4.79 Å². The Hall–Kier alpha value is -3.25. The fraction of sp³-hybridized carbons (Fsp3) is 0.130. The Morgan fingerprint density at radius 1 is 1.07 bits per heavy atom. The van der Waals surface area contributed by atoms with Gasteiger partial charge in [-0.3, -0.25) is 4.79 Å². The van der Waals surface area contributed by atoms with Gasteiger partial charge >= 0.3 is 0 Å². The molecular weight excluding hydrogens is 382 g/mol. The molecule has 29 heavy (non-hydrogen) atoms. The lowest BCUT2D eigenvalue weighted by Crippen LogP contribution is -2.14. The van der Waals surface area contributed by atoms with Gasteiger partial charge in [-0.05, 0) is 36.8 Å². The molecular formula is C23H21N3O2S. The number of rotatable bonds is 7. The molecule has 0 unspecified atom stereocenters. The molecule has 0 radical (unpaired) electrons. The van der Waals surface area contributed by atoms with Crippen LogP contribution < -0.4 is 5.32 Å². The van der Waals surface area contributed by atoms with Crippen molar-refractivity contribution < 1.29 is 9.21 Å². The number of hydrogen-bond acceptors (Lipinski definition) is 4. The monoisotopic (exact) mass is 403 g/mol. The minimum absolute atomic E-state index is 0.0642. The number of anilines is 1. The Bertz CT molecular complexity index is 1070. The number of aryl methyl sites for hydroxylation is 1. The molecule has 0 fully saturated rings. The Kier molecular flexibility index (Phi) is 5.81. The van der Waals surface area contributed by atoms with E-state index in [-0.39, 0.29) is 11.7 Å². The lowest BCUT2D eigenvalue weighted by atomic mass is 10.1. The van der Waals surface area contributed by atoms with Crippen molar-refractivity contribution in [1.82, 2.24) is 9.55 Å². The highest BCUT2D eigenvalue weighted by Gasteiger charge is 2.15. The van der Waals surface area contributed by atoms with Crippen molar-refractivity contribution in [2.24, 2.45) is 0 Å². The quantitative estimate of drug-likeness (QED) is 0.429. The second-order valence-electron chi connectivity index (χ2n) is 6.66. The van der Waals surface area contributed by atoms with Crippen molar-refractivity contribution in [3.8, 4) is 11.3 Å². The van der Waals surface area contributed by atoms with Gasteiger partial charge in [0.1, 0.15) is 5.76 Å². The van der Waals surface area contributed by atoms with Crippen molar-refractivity contribution in [3.63, 3.8) is 0 Å². The van der Waals surface area contributed by atoms with Crippen molar-refractivity contribution in [2.75, 3.05) is 11.1 Å². The number of hydrogen-bond donors (Lipinski definition) is 1. The average Bonchev–Trinajstić information content (AvgIpc) is 3.38. The van der Waals surface area contributed by atoms with Crippen LogP contribution in [0.3, 0.4) is 0 Å². The fourth-order valence-electron chi connectivity index (χ4n) is 2.99. The Morgan fingerprint density at radius 2 is 1.86 bits per heavy atom. The first-order chi connectivity index (χ1) is 14.2. The SMILES string of the molecule is Cc1ccc(-c2cnc(SCC(=O)Nc3ccccc3)n2Cc2ccco2)cc1. The molecule has 2 aromatic heterocycles. The van der Waals surface area contributed by atoms with Crippen molar-refractivity contribution >= 4 is 23.4 Å². The van der Waals surface area contributed by atoms with E-state index in [1.807, 2.05) is 48.7 Å². The molecule has 0 saturated heterocycles. The van der Waals surface area contributed by atoms with Crippen LogP contribution in [0.25, 0.3) is 11.3 Å². The fourth-order valence-corrected chi connectivity index (χ4v) is 3.77. The van der Waals surface area contributed by atoms with Crippen LogP contribution in [0.15, 0.2) is 88.8 Å². The van der Waals surface area contributed by atoms with E-state index >= 15 is 0 Å². The highest BCUT2D eigenvalue weighted by atomic mass is 32.2. The first-order valence-corrected chi connectivity index (χ1v) is 10.3. The zero-order valence-electron chi connectivity index (χ0n) is 16.0. The maximum atomic E-state index is 12.3. The molecule has 0 bridgehead atoms. The van der Waals surface area contributed by atoms with Crippen molar-refractivity contribution in [2.45, 2.75) is 18.6 Å². The molecule has 146 valence electrons. The summed E-state index contributed by atoms with van der Waals surface area (Å²) in [6.45, 7) is 2.62. The number of furan rings is 1. The molecule has 2 heterocycles. The normalized spacial score (nSPS) is 10.8. The zero-order chi connectivity index (χ0) is 20.1. The van der Waals surface area contributed by atoms with Gasteiger partial charge in [0.05, 0.1) is 30.5 Å². The maximum Gasteiger partial charge on any atom is 0.234 e. The Morgan fingerprint density at radius 3 is 2.59 bits per heavy atom. The third-order valence-electron chi connectivity index (χ3n) is 4.45. The number of nitrogens with zero attached hydrogens (tertiary/aromatic N) is 2. The highest BCUT2D eigenvalue weighted by molar-refractivity contribution is 7.99. The topological polar surface area (TPSA) is 60.1 Å². The number of nitrogens with one attached hydrogen (secondary N) is 1. The highest BCUT2D eigenvalue weighted by Crippen LogP contribution is 2.27. The lowest BCUT2D eigenvalue weighted by Gasteiger charge is -2.11. The number of aromatic nitrogens is 2. The first-order valence-electron chi connectivity index (χ1n) is 9.32. The number of amides is 1. The number of imidazole rings is 1. The third kappa shape index (κ3) is 4.78. The largest absolute Gasteiger partial charge is 0.467 e. The molecule has 4 aromatic rings. The molecule has 0 aliphatic heterocycles. The summed E-state index contributed by atoms with van der Waals surface area (Å²) in [5.41, 5.74) is 4.07. The van der Waals surface area contributed by atoms with E-state index in [2.05, 4.69) is 46.1 Å². The standard InChI is InChI=1S/C23H21N3O2S/c1-17-9-11-18(12-10-17)21-14-24-23(26(21)15-20-8-5-13-28-20)29-16-22(27)25-19-6-3-2-4-7-19/h2-14H,15-16H2,1H3,(H,25,27). The number of thioether (sulfide) groups is 1. The smallest absolute Gasteiger partial charge is 0.234 e. The van der Waals surface area contributed by atoms with Gasteiger partial charge in [0.15, 0.2) is 5.16 Å². The van der Waals surface area contributed by atoms with Gasteiger partial charge in [-0.2, -0.15) is 0 Å². The maximum absolute atomic E-state index is 12.3. The third-order valence-corrected chi connectivity index (χ3v) is 5.44. The van der Waals surface area contributed by atoms with Gasteiger partial charge in [-0.1, -0.05) is 59.8 Å². The van der Waals surface area contributed by atoms with Crippen LogP contribution >= 0.6 is 11.8 Å². The lowest BCUT2D eigenvalue weighted by molar-refractivity contribution is -0.113. The molecule has 1 amide bonds. The summed E-state index contributed by atoms with van der Waals surface area (Å²) >= 11 is 1.41. The molecule has 0 aliphatic rings. The summed E-state index contributed by atoms with van der Waals surface area (Å²) in [6, 6.07) is 21.6. The van der Waals surface area contributed by atoms with E-state index in [0.717, 1.165) is 27.9 Å². The zero-order valence-corrected chi connectivity index (χ0v) is 16.9. The van der Waals surface area contributed by atoms with Crippen LogP contribution in [-0.4, -0.2) is 21.2 Å². The molecule has 4 rings (SSSR count). The summed E-state index contributed by atoms with van der Waals surface area (Å²) in [6.07, 6.45) is 3.52. The van der Waals surface area contributed by atoms with Crippen molar-refractivity contribution in [3.05, 3.63) is 90.5 Å². The second kappa shape index (κ2) is 8.84. The number of carbonyl (C=O) groups is 1. The summed E-state index contributed by atoms with van der Waals surface area (Å²) in [5, 5.41) is 3.68. The van der Waals surface area contributed by atoms with E-state index in [0.29, 0.717) is 6.54 Å². The second-order valence-corrected chi connectivity index (χ2v) is 7.60. The van der Waals surface area contributed by atoms with Gasteiger partial charge in [-0.15, -0.1) is 0 Å². The summed E-state index contributed by atoms with van der Waals surface area (Å²) in [4.78, 5) is 16.9. The molecule has 1 N–H and O–H groups in total. The molecule has 0 aliphatic carbocycles.